The molecule has 1 amide bonds. The Bertz CT molecular complexity index is 1140. The highest BCUT2D eigenvalue weighted by Gasteiger charge is 2.19. The number of carbonyl (C=O) groups excluding carboxylic acids is 1. The van der Waals surface area contributed by atoms with Gasteiger partial charge in [0.05, 0.1) is 22.7 Å². The number of nitrogens with one attached hydrogen (secondary N) is 1. The van der Waals surface area contributed by atoms with Crippen LogP contribution in [0.4, 0.5) is 0 Å². The van der Waals surface area contributed by atoms with Crippen molar-refractivity contribution in [2.24, 2.45) is 0 Å². The molecule has 2 aromatic heterocycles. The number of nitriles is 1. The predicted octanol–water partition coefficient (Wildman–Crippen LogP) is 2.50. The molecule has 0 radical (unpaired) electrons. The van der Waals surface area contributed by atoms with Gasteiger partial charge in [-0.3, -0.25) is 18.6 Å². The summed E-state index contributed by atoms with van der Waals surface area (Å²) in [6.45, 7) is 0.229. The van der Waals surface area contributed by atoms with Gasteiger partial charge in [-0.1, -0.05) is 43.2 Å². The standard InChI is InChI=1S/C20H22N6O2S/c21-11-13-29-20-24-23-19-25(12-10-17(27)22-14-6-2-1-3-7-14)18(28)15-8-4-5-9-16(15)26(19)20/h4-5,8-9,14H,1-3,6-7,10,12-13H2,(H,22,27). The minimum atomic E-state index is -0.192. The maximum atomic E-state index is 13.1. The Morgan fingerprint density at radius 2 is 2.03 bits per heavy atom. The summed E-state index contributed by atoms with van der Waals surface area (Å²) >= 11 is 1.27. The second-order valence-corrected chi connectivity index (χ2v) is 8.13. The second-order valence-electron chi connectivity index (χ2n) is 7.19. The van der Waals surface area contributed by atoms with Crippen LogP contribution in [0.25, 0.3) is 16.7 Å². The van der Waals surface area contributed by atoms with Gasteiger partial charge in [0.25, 0.3) is 5.56 Å². The first kappa shape index (κ1) is 19.5. The molecular weight excluding hydrogens is 388 g/mol. The third-order valence-electron chi connectivity index (χ3n) is 5.28. The lowest BCUT2D eigenvalue weighted by molar-refractivity contribution is -0.122. The van der Waals surface area contributed by atoms with Crippen LogP contribution in [0, 0.1) is 11.3 Å². The third kappa shape index (κ3) is 3.98. The largest absolute Gasteiger partial charge is 0.353 e. The number of carbonyl (C=O) groups is 1. The lowest BCUT2D eigenvalue weighted by Gasteiger charge is -2.22. The Balaban J connectivity index is 1.65. The number of para-hydroxylation sites is 1. The van der Waals surface area contributed by atoms with Crippen LogP contribution in [0.2, 0.25) is 0 Å². The topological polar surface area (TPSA) is 105 Å². The van der Waals surface area contributed by atoms with Gasteiger partial charge in [-0.05, 0) is 25.0 Å². The number of amides is 1. The van der Waals surface area contributed by atoms with Crippen LogP contribution < -0.4 is 10.9 Å². The summed E-state index contributed by atoms with van der Waals surface area (Å²) in [5, 5.41) is 21.4. The summed E-state index contributed by atoms with van der Waals surface area (Å²) in [6.07, 6.45) is 5.79. The summed E-state index contributed by atoms with van der Waals surface area (Å²) in [5.41, 5.74) is 0.503. The highest BCUT2D eigenvalue weighted by molar-refractivity contribution is 7.99. The molecule has 1 saturated carbocycles. The zero-order valence-electron chi connectivity index (χ0n) is 16.0. The predicted molar refractivity (Wildman–Crippen MR) is 111 cm³/mol. The molecule has 0 spiro atoms. The number of aromatic nitrogens is 4. The molecule has 0 saturated heterocycles. The van der Waals surface area contributed by atoms with E-state index in [1.165, 1.54) is 22.7 Å². The Hall–Kier alpha value is -2.86. The van der Waals surface area contributed by atoms with Crippen molar-refractivity contribution < 1.29 is 4.79 Å². The molecule has 150 valence electrons. The molecule has 9 heteroatoms. The SMILES string of the molecule is N#CCSc1nnc2n(CCC(=O)NC3CCCCC3)c(=O)c3ccccc3n12. The van der Waals surface area contributed by atoms with E-state index in [9.17, 15) is 9.59 Å². The first-order valence-electron chi connectivity index (χ1n) is 9.85. The minimum Gasteiger partial charge on any atom is -0.353 e. The van der Waals surface area contributed by atoms with Gasteiger partial charge in [-0.15, -0.1) is 10.2 Å². The van der Waals surface area contributed by atoms with E-state index in [0.29, 0.717) is 21.8 Å². The van der Waals surface area contributed by atoms with Crippen molar-refractivity contribution in [3.05, 3.63) is 34.6 Å². The van der Waals surface area contributed by atoms with E-state index in [4.69, 9.17) is 5.26 Å². The molecule has 0 atom stereocenters. The van der Waals surface area contributed by atoms with E-state index in [-0.39, 0.29) is 36.2 Å². The average Bonchev–Trinajstić information content (AvgIpc) is 3.17. The number of nitrogens with zero attached hydrogens (tertiary/aromatic N) is 5. The van der Waals surface area contributed by atoms with E-state index >= 15 is 0 Å². The van der Waals surface area contributed by atoms with Gasteiger partial charge in [0.15, 0.2) is 5.16 Å². The van der Waals surface area contributed by atoms with Crippen LogP contribution >= 0.6 is 11.8 Å². The fraction of sp³-hybridized carbons (Fsp3) is 0.450. The van der Waals surface area contributed by atoms with Crippen molar-refractivity contribution in [2.45, 2.75) is 56.3 Å². The zero-order valence-corrected chi connectivity index (χ0v) is 16.8. The molecule has 0 bridgehead atoms. The molecule has 1 N–H and O–H groups in total. The molecule has 4 rings (SSSR count). The average molecular weight is 411 g/mol. The Kier molecular flexibility index (Phi) is 5.81. The van der Waals surface area contributed by atoms with Crippen LogP contribution in [0.15, 0.2) is 34.2 Å². The van der Waals surface area contributed by atoms with E-state index in [1.807, 2.05) is 18.2 Å². The number of rotatable bonds is 6. The molecular formula is C20H22N6O2S. The molecule has 0 aliphatic heterocycles. The monoisotopic (exact) mass is 410 g/mol. The lowest BCUT2D eigenvalue weighted by Crippen LogP contribution is -2.37. The summed E-state index contributed by atoms with van der Waals surface area (Å²) in [4.78, 5) is 25.5. The van der Waals surface area contributed by atoms with Gasteiger partial charge in [0, 0.05) is 19.0 Å². The molecule has 2 heterocycles. The van der Waals surface area contributed by atoms with Crippen LogP contribution in [-0.2, 0) is 11.3 Å². The van der Waals surface area contributed by atoms with Gasteiger partial charge >= 0.3 is 0 Å². The van der Waals surface area contributed by atoms with Crippen molar-refractivity contribution in [2.75, 3.05) is 5.75 Å². The van der Waals surface area contributed by atoms with Gasteiger partial charge < -0.3 is 5.32 Å². The summed E-state index contributed by atoms with van der Waals surface area (Å²) in [7, 11) is 0. The number of benzene rings is 1. The van der Waals surface area contributed by atoms with Gasteiger partial charge in [-0.2, -0.15) is 5.26 Å². The van der Waals surface area contributed by atoms with Gasteiger partial charge in [0.2, 0.25) is 11.7 Å². The molecule has 1 aliphatic rings. The number of aryl methyl sites for hydroxylation is 1. The number of hydrogen-bond donors (Lipinski definition) is 1. The van der Waals surface area contributed by atoms with Gasteiger partial charge in [-0.25, -0.2) is 0 Å². The molecule has 8 nitrogen and oxygen atoms in total. The van der Waals surface area contributed by atoms with Crippen molar-refractivity contribution >= 4 is 34.3 Å². The smallest absolute Gasteiger partial charge is 0.262 e. The summed E-state index contributed by atoms with van der Waals surface area (Å²) in [5.74, 6) is 0.575. The second kappa shape index (κ2) is 8.66. The van der Waals surface area contributed by atoms with Crippen LogP contribution in [-0.4, -0.2) is 36.9 Å². The third-order valence-corrected chi connectivity index (χ3v) is 6.07. The lowest BCUT2D eigenvalue weighted by atomic mass is 9.95. The minimum absolute atomic E-state index is 0.0475. The maximum absolute atomic E-state index is 13.1. The number of hydrogen-bond acceptors (Lipinski definition) is 6. The summed E-state index contributed by atoms with van der Waals surface area (Å²) in [6, 6.07) is 9.58. The van der Waals surface area contributed by atoms with E-state index in [1.54, 1.807) is 10.5 Å². The van der Waals surface area contributed by atoms with Crippen molar-refractivity contribution in [1.82, 2.24) is 24.5 Å². The highest BCUT2D eigenvalue weighted by Crippen LogP contribution is 2.21. The zero-order chi connectivity index (χ0) is 20.2. The quantitative estimate of drug-likeness (QED) is 0.626. The van der Waals surface area contributed by atoms with E-state index in [2.05, 4.69) is 21.6 Å². The molecule has 3 aromatic rings. The van der Waals surface area contributed by atoms with Crippen molar-refractivity contribution in [3.63, 3.8) is 0 Å². The normalized spacial score (nSPS) is 14.9. The van der Waals surface area contributed by atoms with Gasteiger partial charge in [0.1, 0.15) is 0 Å². The fourth-order valence-electron chi connectivity index (χ4n) is 3.89. The van der Waals surface area contributed by atoms with E-state index in [0.717, 1.165) is 25.7 Å². The maximum Gasteiger partial charge on any atom is 0.262 e. The first-order chi connectivity index (χ1) is 14.2. The Labute approximate surface area is 171 Å². The Morgan fingerprint density at radius 1 is 1.24 bits per heavy atom. The molecule has 1 aliphatic carbocycles. The Morgan fingerprint density at radius 3 is 2.83 bits per heavy atom. The molecule has 29 heavy (non-hydrogen) atoms. The molecule has 1 fully saturated rings. The van der Waals surface area contributed by atoms with Crippen LogP contribution in [0.5, 0.6) is 0 Å². The van der Waals surface area contributed by atoms with Crippen molar-refractivity contribution in [1.29, 1.82) is 5.26 Å². The molecule has 0 unspecified atom stereocenters. The number of fused-ring (bicyclic) bond motifs is 3. The van der Waals surface area contributed by atoms with Crippen molar-refractivity contribution in [3.8, 4) is 6.07 Å². The first-order valence-corrected chi connectivity index (χ1v) is 10.8. The fourth-order valence-corrected chi connectivity index (χ4v) is 4.49. The molecule has 1 aromatic carbocycles. The van der Waals surface area contributed by atoms with Crippen LogP contribution in [0.3, 0.4) is 0 Å². The highest BCUT2D eigenvalue weighted by atomic mass is 32.2. The summed E-state index contributed by atoms with van der Waals surface area (Å²) < 4.78 is 3.30. The van der Waals surface area contributed by atoms with Crippen LogP contribution in [0.1, 0.15) is 38.5 Å². The number of thioether (sulfide) groups is 1. The van der Waals surface area contributed by atoms with E-state index < -0.39 is 0 Å².